The Labute approximate surface area is 211 Å². The van der Waals surface area contributed by atoms with Crippen molar-refractivity contribution in [2.45, 2.75) is 39.7 Å². The van der Waals surface area contributed by atoms with Gasteiger partial charge in [-0.3, -0.25) is 4.79 Å². The highest BCUT2D eigenvalue weighted by molar-refractivity contribution is 5.83. The normalized spacial score (nSPS) is 12.1. The summed E-state index contributed by atoms with van der Waals surface area (Å²) in [5.41, 5.74) is 2.93. The van der Waals surface area contributed by atoms with E-state index in [1.807, 2.05) is 80.6 Å². The van der Waals surface area contributed by atoms with Gasteiger partial charge in [0.2, 0.25) is 0 Å². The first kappa shape index (κ1) is 24.9. The predicted octanol–water partition coefficient (Wildman–Crippen LogP) is 6.25. The molecule has 0 radical (unpaired) electrons. The van der Waals surface area contributed by atoms with Gasteiger partial charge in [0.05, 0.1) is 29.8 Å². The van der Waals surface area contributed by atoms with Crippen molar-refractivity contribution in [3.05, 3.63) is 101 Å². The maximum atomic E-state index is 13.4. The maximum absolute atomic E-state index is 13.4. The second-order valence-corrected chi connectivity index (χ2v) is 8.45. The van der Waals surface area contributed by atoms with Gasteiger partial charge in [0, 0.05) is 11.1 Å². The van der Waals surface area contributed by atoms with Gasteiger partial charge in [-0.25, -0.2) is 4.98 Å². The van der Waals surface area contributed by atoms with Crippen molar-refractivity contribution >= 4 is 17.1 Å². The Hall–Kier alpha value is -4.19. The molecule has 1 atom stereocenters. The zero-order chi connectivity index (χ0) is 25.5. The lowest BCUT2D eigenvalue weighted by Gasteiger charge is -2.20. The van der Waals surface area contributed by atoms with Crippen LogP contribution in [0, 0.1) is 0 Å². The average molecular weight is 482 g/mol. The summed E-state index contributed by atoms with van der Waals surface area (Å²) in [4.78, 5) is 18.2. The van der Waals surface area contributed by atoms with Gasteiger partial charge in [-0.2, -0.15) is 9.78 Å². The highest BCUT2D eigenvalue weighted by Gasteiger charge is 2.16. The standard InChI is InChI=1S/C30H31N3O3/c1-5-13-24-18-22(19-27(35-7-3)28(24)36-21(4)6-2)20-31-33-29(23-14-9-8-10-15-23)32-26-17-12-11-16-25(26)30(33)34/h5,8-12,14-21H,1,6-7,13H2,2-4H3/t21-/m1/s1. The fourth-order valence-electron chi connectivity index (χ4n) is 3.88. The van der Waals surface area contributed by atoms with Crippen LogP contribution in [0.2, 0.25) is 0 Å². The molecule has 4 rings (SSSR count). The quantitative estimate of drug-likeness (QED) is 0.198. The van der Waals surface area contributed by atoms with E-state index in [2.05, 4.69) is 18.6 Å². The topological polar surface area (TPSA) is 65.7 Å². The molecule has 0 unspecified atom stereocenters. The molecule has 6 nitrogen and oxygen atoms in total. The number of benzene rings is 3. The fourth-order valence-corrected chi connectivity index (χ4v) is 3.88. The van der Waals surface area contributed by atoms with Gasteiger partial charge >= 0.3 is 0 Å². The number of rotatable bonds is 10. The molecule has 1 aromatic heterocycles. The third-order valence-corrected chi connectivity index (χ3v) is 5.82. The van der Waals surface area contributed by atoms with E-state index < -0.39 is 0 Å². The highest BCUT2D eigenvalue weighted by Crippen LogP contribution is 2.35. The van der Waals surface area contributed by atoms with Gasteiger partial charge in [-0.15, -0.1) is 6.58 Å². The van der Waals surface area contributed by atoms with Crippen molar-refractivity contribution < 1.29 is 9.47 Å². The summed E-state index contributed by atoms with van der Waals surface area (Å²) in [7, 11) is 0. The zero-order valence-corrected chi connectivity index (χ0v) is 21.0. The number of para-hydroxylation sites is 1. The molecule has 1 heterocycles. The van der Waals surface area contributed by atoms with E-state index in [1.165, 1.54) is 4.68 Å². The molecule has 0 N–H and O–H groups in total. The van der Waals surface area contributed by atoms with E-state index in [4.69, 9.17) is 14.5 Å². The van der Waals surface area contributed by atoms with E-state index in [0.717, 1.165) is 28.9 Å². The van der Waals surface area contributed by atoms with Crippen LogP contribution in [0.15, 0.2) is 89.3 Å². The van der Waals surface area contributed by atoms with Gasteiger partial charge in [0.15, 0.2) is 17.3 Å². The number of nitrogens with zero attached hydrogens (tertiary/aromatic N) is 3. The molecule has 0 fully saturated rings. The highest BCUT2D eigenvalue weighted by atomic mass is 16.5. The molecule has 0 aliphatic heterocycles. The number of aromatic nitrogens is 2. The molecule has 3 aromatic carbocycles. The number of fused-ring (bicyclic) bond motifs is 1. The molecule has 6 heteroatoms. The minimum absolute atomic E-state index is 0.0444. The van der Waals surface area contributed by atoms with E-state index in [1.54, 1.807) is 12.3 Å². The average Bonchev–Trinajstić information content (AvgIpc) is 2.90. The van der Waals surface area contributed by atoms with Crippen molar-refractivity contribution in [2.75, 3.05) is 6.61 Å². The monoisotopic (exact) mass is 481 g/mol. The van der Waals surface area contributed by atoms with Gasteiger partial charge in [-0.1, -0.05) is 55.5 Å². The first-order valence-corrected chi connectivity index (χ1v) is 12.2. The largest absolute Gasteiger partial charge is 0.490 e. The summed E-state index contributed by atoms with van der Waals surface area (Å²) in [6.45, 7) is 10.4. The molecule has 0 saturated carbocycles. The molecule has 0 aliphatic carbocycles. The Kier molecular flexibility index (Phi) is 7.95. The third kappa shape index (κ3) is 5.38. The number of ether oxygens (including phenoxy) is 2. The lowest BCUT2D eigenvalue weighted by Crippen LogP contribution is -2.20. The van der Waals surface area contributed by atoms with Crippen LogP contribution in [0.1, 0.15) is 38.3 Å². The summed E-state index contributed by atoms with van der Waals surface area (Å²) < 4.78 is 13.5. The summed E-state index contributed by atoms with van der Waals surface area (Å²) in [6.07, 6.45) is 5.03. The van der Waals surface area contributed by atoms with Crippen LogP contribution >= 0.6 is 0 Å². The third-order valence-electron chi connectivity index (χ3n) is 5.82. The second-order valence-electron chi connectivity index (χ2n) is 8.45. The summed E-state index contributed by atoms with van der Waals surface area (Å²) in [5, 5.41) is 5.11. The Morgan fingerprint density at radius 1 is 1.08 bits per heavy atom. The first-order valence-electron chi connectivity index (χ1n) is 12.2. The molecule has 0 bridgehead atoms. The number of hydrogen-bond acceptors (Lipinski definition) is 5. The molecular formula is C30H31N3O3. The zero-order valence-electron chi connectivity index (χ0n) is 21.0. The first-order chi connectivity index (χ1) is 17.5. The Bertz CT molecular complexity index is 1440. The van der Waals surface area contributed by atoms with Gasteiger partial charge < -0.3 is 9.47 Å². The summed E-state index contributed by atoms with van der Waals surface area (Å²) >= 11 is 0. The van der Waals surface area contributed by atoms with E-state index in [0.29, 0.717) is 35.5 Å². The van der Waals surface area contributed by atoms with Crippen LogP contribution in [0.3, 0.4) is 0 Å². The smallest absolute Gasteiger partial charge is 0.282 e. The van der Waals surface area contributed by atoms with Crippen molar-refractivity contribution in [1.82, 2.24) is 9.66 Å². The van der Waals surface area contributed by atoms with Crippen LogP contribution in [0.25, 0.3) is 22.3 Å². The molecule has 184 valence electrons. The Balaban J connectivity index is 1.86. The number of allylic oxidation sites excluding steroid dienone is 1. The lowest BCUT2D eigenvalue weighted by molar-refractivity contribution is 0.201. The molecule has 0 spiro atoms. The molecular weight excluding hydrogens is 450 g/mol. The van der Waals surface area contributed by atoms with Crippen molar-refractivity contribution in [3.63, 3.8) is 0 Å². The van der Waals surface area contributed by atoms with E-state index >= 15 is 0 Å². The van der Waals surface area contributed by atoms with Crippen LogP contribution < -0.4 is 15.0 Å². The Morgan fingerprint density at radius 3 is 2.56 bits per heavy atom. The van der Waals surface area contributed by atoms with Gasteiger partial charge in [-0.05, 0) is 56.5 Å². The fraction of sp³-hybridized carbons (Fsp3) is 0.233. The van der Waals surface area contributed by atoms with Crippen LogP contribution in [-0.4, -0.2) is 28.6 Å². The Morgan fingerprint density at radius 2 is 1.83 bits per heavy atom. The molecule has 0 aliphatic rings. The predicted molar refractivity (Wildman–Crippen MR) is 146 cm³/mol. The minimum atomic E-state index is -0.233. The summed E-state index contributed by atoms with van der Waals surface area (Å²) in [5.74, 6) is 1.84. The molecule has 36 heavy (non-hydrogen) atoms. The van der Waals surface area contributed by atoms with Gasteiger partial charge in [0.25, 0.3) is 5.56 Å². The van der Waals surface area contributed by atoms with Crippen molar-refractivity contribution in [1.29, 1.82) is 0 Å². The second kappa shape index (κ2) is 11.5. The van der Waals surface area contributed by atoms with Crippen LogP contribution in [0.5, 0.6) is 11.5 Å². The molecule has 4 aromatic rings. The SMILES string of the molecule is C=CCc1cc(C=Nn2c(-c3ccccc3)nc3ccccc3c2=O)cc(OCC)c1O[C@H](C)CC. The molecule has 0 amide bonds. The summed E-state index contributed by atoms with van der Waals surface area (Å²) in [6, 6.07) is 20.8. The van der Waals surface area contributed by atoms with Crippen molar-refractivity contribution in [2.24, 2.45) is 5.10 Å². The van der Waals surface area contributed by atoms with Crippen LogP contribution in [0.4, 0.5) is 0 Å². The van der Waals surface area contributed by atoms with Gasteiger partial charge in [0.1, 0.15) is 0 Å². The minimum Gasteiger partial charge on any atom is -0.490 e. The van der Waals surface area contributed by atoms with E-state index in [-0.39, 0.29) is 11.7 Å². The van der Waals surface area contributed by atoms with Crippen LogP contribution in [-0.2, 0) is 6.42 Å². The number of hydrogen-bond donors (Lipinski definition) is 0. The maximum Gasteiger partial charge on any atom is 0.282 e. The molecule has 0 saturated heterocycles. The van der Waals surface area contributed by atoms with Crippen molar-refractivity contribution in [3.8, 4) is 22.9 Å². The lowest BCUT2D eigenvalue weighted by atomic mass is 10.1. The van der Waals surface area contributed by atoms with E-state index in [9.17, 15) is 4.79 Å².